The highest BCUT2D eigenvalue weighted by Crippen LogP contribution is 2.30. The van der Waals surface area contributed by atoms with Gasteiger partial charge >= 0.3 is 0 Å². The molecule has 4 rings (SSSR count). The lowest BCUT2D eigenvalue weighted by atomic mass is 10.1. The van der Waals surface area contributed by atoms with E-state index in [-0.39, 0.29) is 5.75 Å². The predicted molar refractivity (Wildman–Crippen MR) is 117 cm³/mol. The molecule has 1 aromatic heterocycles. The zero-order valence-electron chi connectivity index (χ0n) is 16.0. The quantitative estimate of drug-likeness (QED) is 0.463. The van der Waals surface area contributed by atoms with Crippen LogP contribution in [0.4, 0.5) is 17.2 Å². The van der Waals surface area contributed by atoms with Crippen molar-refractivity contribution in [3.8, 4) is 5.75 Å². The van der Waals surface area contributed by atoms with Crippen molar-refractivity contribution in [2.45, 2.75) is 11.8 Å². The van der Waals surface area contributed by atoms with Crippen molar-refractivity contribution >= 4 is 39.1 Å². The first-order valence-electron chi connectivity index (χ1n) is 9.01. The van der Waals surface area contributed by atoms with E-state index in [2.05, 4.69) is 15.3 Å². The van der Waals surface area contributed by atoms with Gasteiger partial charge in [-0.05, 0) is 48.9 Å². The van der Waals surface area contributed by atoms with Crippen LogP contribution in [-0.4, -0.2) is 22.2 Å². The van der Waals surface area contributed by atoms with Gasteiger partial charge in [0.1, 0.15) is 17.9 Å². The predicted octanol–water partition coefficient (Wildman–Crippen LogP) is 5.44. The largest absolute Gasteiger partial charge is 0.508 e. The summed E-state index contributed by atoms with van der Waals surface area (Å²) in [5.41, 5.74) is 3.36. The Kier molecular flexibility index (Phi) is 5.50. The minimum absolute atomic E-state index is 0.194. The van der Waals surface area contributed by atoms with Gasteiger partial charge < -0.3 is 14.6 Å². The molecule has 0 radical (unpaired) electrons. The number of aryl methyl sites for hydroxylation is 1. The SMILES string of the molecule is COS(=Nc1ccc2ncnc(Nc3cc(O)ccc3C)c2c1)c1ccccc1. The van der Waals surface area contributed by atoms with Gasteiger partial charge in [-0.2, -0.15) is 4.36 Å². The van der Waals surface area contributed by atoms with Crippen LogP contribution in [0.1, 0.15) is 5.56 Å². The van der Waals surface area contributed by atoms with Crippen molar-refractivity contribution in [2.75, 3.05) is 12.4 Å². The van der Waals surface area contributed by atoms with Crippen molar-refractivity contribution in [2.24, 2.45) is 4.36 Å². The van der Waals surface area contributed by atoms with Gasteiger partial charge in [0.25, 0.3) is 0 Å². The second-order valence-corrected chi connectivity index (χ2v) is 7.85. The first-order chi connectivity index (χ1) is 14.1. The van der Waals surface area contributed by atoms with Crippen LogP contribution in [0.25, 0.3) is 10.9 Å². The number of hydrogen-bond acceptors (Lipinski definition) is 6. The lowest BCUT2D eigenvalue weighted by molar-refractivity contribution is 0.475. The average molecular weight is 404 g/mol. The van der Waals surface area contributed by atoms with Crippen LogP contribution in [0.5, 0.6) is 5.75 Å². The number of hydrogen-bond donors (Lipinski definition) is 2. The fourth-order valence-electron chi connectivity index (χ4n) is 2.89. The fraction of sp³-hybridized carbons (Fsp3) is 0.0909. The van der Waals surface area contributed by atoms with Crippen LogP contribution >= 0.6 is 0 Å². The van der Waals surface area contributed by atoms with Crippen LogP contribution < -0.4 is 5.32 Å². The number of fused-ring (bicyclic) bond motifs is 1. The summed E-state index contributed by atoms with van der Waals surface area (Å²) in [4.78, 5) is 9.76. The summed E-state index contributed by atoms with van der Waals surface area (Å²) in [5, 5.41) is 13.9. The van der Waals surface area contributed by atoms with Crippen molar-refractivity contribution in [1.82, 2.24) is 9.97 Å². The minimum Gasteiger partial charge on any atom is -0.508 e. The topological polar surface area (TPSA) is 79.6 Å². The van der Waals surface area contributed by atoms with Gasteiger partial charge in [-0.1, -0.05) is 24.3 Å². The number of phenolic OH excluding ortho intramolecular Hbond substituents is 1. The second kappa shape index (κ2) is 8.38. The van der Waals surface area contributed by atoms with Crippen LogP contribution in [0, 0.1) is 6.92 Å². The molecule has 1 atom stereocenters. The van der Waals surface area contributed by atoms with E-state index in [0.717, 1.165) is 32.7 Å². The number of rotatable bonds is 5. The van der Waals surface area contributed by atoms with E-state index in [1.807, 2.05) is 61.5 Å². The minimum atomic E-state index is -0.709. The zero-order chi connectivity index (χ0) is 20.2. The molecule has 0 aliphatic rings. The molecule has 0 amide bonds. The average Bonchev–Trinajstić information content (AvgIpc) is 2.75. The van der Waals surface area contributed by atoms with Crippen LogP contribution in [-0.2, 0) is 15.2 Å². The molecule has 29 heavy (non-hydrogen) atoms. The van der Waals surface area contributed by atoms with Crippen molar-refractivity contribution in [3.63, 3.8) is 0 Å². The molecule has 0 aliphatic carbocycles. The lowest BCUT2D eigenvalue weighted by Gasteiger charge is -2.12. The molecule has 146 valence electrons. The van der Waals surface area contributed by atoms with Crippen LogP contribution in [0.3, 0.4) is 0 Å². The van der Waals surface area contributed by atoms with E-state index in [0.29, 0.717) is 5.82 Å². The molecule has 3 aromatic carbocycles. The smallest absolute Gasteiger partial charge is 0.141 e. The Morgan fingerprint density at radius 1 is 1.00 bits per heavy atom. The first-order valence-corrected chi connectivity index (χ1v) is 10.1. The van der Waals surface area contributed by atoms with Gasteiger partial charge in [0.15, 0.2) is 0 Å². The molecule has 0 saturated heterocycles. The third kappa shape index (κ3) is 4.26. The van der Waals surface area contributed by atoms with Crippen molar-refractivity contribution < 1.29 is 9.29 Å². The molecular formula is C22H20N4O2S. The third-order valence-electron chi connectivity index (χ3n) is 4.38. The Morgan fingerprint density at radius 2 is 1.83 bits per heavy atom. The Morgan fingerprint density at radius 3 is 2.62 bits per heavy atom. The fourth-order valence-corrected chi connectivity index (χ4v) is 3.96. The number of nitrogens with zero attached hydrogens (tertiary/aromatic N) is 3. The summed E-state index contributed by atoms with van der Waals surface area (Å²) in [7, 11) is 0.945. The van der Waals surface area contributed by atoms with E-state index in [1.54, 1.807) is 19.2 Å². The standard InChI is InChI=1S/C22H20N4O2S/c1-15-8-10-17(27)13-21(15)25-22-19-12-16(9-11-20(19)23-14-24-22)26-29(28-2)18-6-4-3-5-7-18/h3-14,27H,1-2H3,(H,23,24,25). The highest BCUT2D eigenvalue weighted by Gasteiger charge is 2.08. The van der Waals surface area contributed by atoms with Crippen molar-refractivity contribution in [3.05, 3.63) is 78.6 Å². The monoisotopic (exact) mass is 404 g/mol. The van der Waals surface area contributed by atoms with Gasteiger partial charge in [0.05, 0.1) is 29.3 Å². The molecule has 0 spiro atoms. The molecule has 1 unspecified atom stereocenters. The molecule has 2 N–H and O–H groups in total. The first kappa shape index (κ1) is 19.0. The van der Waals surface area contributed by atoms with Crippen molar-refractivity contribution in [1.29, 1.82) is 0 Å². The number of nitrogens with one attached hydrogen (secondary N) is 1. The molecule has 0 aliphatic heterocycles. The zero-order valence-corrected chi connectivity index (χ0v) is 16.9. The Hall–Kier alpha value is -3.29. The summed E-state index contributed by atoms with van der Waals surface area (Å²) in [5.74, 6) is 0.844. The number of aromatic nitrogens is 2. The maximum atomic E-state index is 9.81. The molecule has 1 heterocycles. The second-order valence-electron chi connectivity index (χ2n) is 6.37. The maximum absolute atomic E-state index is 9.81. The van der Waals surface area contributed by atoms with Crippen LogP contribution in [0.2, 0.25) is 0 Å². The summed E-state index contributed by atoms with van der Waals surface area (Å²) in [6.45, 7) is 1.97. The number of benzene rings is 3. The Balaban J connectivity index is 1.76. The highest BCUT2D eigenvalue weighted by atomic mass is 32.2. The van der Waals surface area contributed by atoms with Gasteiger partial charge in [-0.3, -0.25) is 0 Å². The third-order valence-corrected chi connectivity index (χ3v) is 5.75. The lowest BCUT2D eigenvalue weighted by Crippen LogP contribution is -1.98. The Bertz CT molecular complexity index is 1200. The number of phenols is 1. The summed E-state index contributed by atoms with van der Waals surface area (Å²) in [6, 6.07) is 20.9. The highest BCUT2D eigenvalue weighted by molar-refractivity contribution is 7.82. The van der Waals surface area contributed by atoms with E-state index >= 15 is 0 Å². The normalized spacial score (nSPS) is 12.2. The number of anilines is 2. The molecule has 0 saturated carbocycles. The summed E-state index contributed by atoms with van der Waals surface area (Å²) in [6.07, 6.45) is 1.52. The number of aromatic hydroxyl groups is 1. The molecule has 7 heteroatoms. The van der Waals surface area contributed by atoms with Gasteiger partial charge in [0.2, 0.25) is 0 Å². The maximum Gasteiger partial charge on any atom is 0.141 e. The Labute approximate surface area is 171 Å². The molecule has 6 nitrogen and oxygen atoms in total. The van der Waals surface area contributed by atoms with Gasteiger partial charge in [0, 0.05) is 22.0 Å². The summed E-state index contributed by atoms with van der Waals surface area (Å²) < 4.78 is 10.4. The molecule has 4 aromatic rings. The van der Waals surface area contributed by atoms with E-state index in [1.165, 1.54) is 6.33 Å². The van der Waals surface area contributed by atoms with E-state index in [4.69, 9.17) is 8.55 Å². The van der Waals surface area contributed by atoms with Gasteiger partial charge in [-0.25, -0.2) is 9.97 Å². The van der Waals surface area contributed by atoms with Gasteiger partial charge in [-0.15, -0.1) is 0 Å². The van der Waals surface area contributed by atoms with Crippen LogP contribution in [0.15, 0.2) is 82.3 Å². The molecule has 0 bridgehead atoms. The molecule has 0 fully saturated rings. The summed E-state index contributed by atoms with van der Waals surface area (Å²) >= 11 is 0. The molecular weight excluding hydrogens is 384 g/mol. The van der Waals surface area contributed by atoms with E-state index < -0.39 is 11.0 Å². The van der Waals surface area contributed by atoms with E-state index in [9.17, 15) is 5.11 Å².